The second-order valence-electron chi connectivity index (χ2n) is 6.10. The van der Waals surface area contributed by atoms with Crippen LogP contribution in [0.2, 0.25) is 0 Å². The fraction of sp³-hybridized carbons (Fsp3) is 0.238. The molecule has 0 amide bonds. The molecule has 3 rings (SSSR count). The molecule has 26 heavy (non-hydrogen) atoms. The van der Waals surface area contributed by atoms with Crippen molar-refractivity contribution in [3.05, 3.63) is 64.7 Å². The molecule has 3 nitrogen and oxygen atoms in total. The molecule has 0 aliphatic heterocycles. The standard InChI is InChI=1S/C21H21NO2S2/c1-14-11-18(9-10-19(14)24-12-15(2)23)25-13-20-16(3)22-21(26-20)17-7-5-4-6-8-17/h4-11H,12-13H2,1-3H3. The van der Waals surface area contributed by atoms with Gasteiger partial charge in [0.2, 0.25) is 0 Å². The topological polar surface area (TPSA) is 39.2 Å². The molecule has 0 unspecified atom stereocenters. The maximum Gasteiger partial charge on any atom is 0.167 e. The third-order valence-electron chi connectivity index (χ3n) is 3.86. The van der Waals surface area contributed by atoms with E-state index >= 15 is 0 Å². The van der Waals surface area contributed by atoms with Crippen molar-refractivity contribution in [1.82, 2.24) is 4.98 Å². The normalized spacial score (nSPS) is 10.7. The number of thiazole rings is 1. The summed E-state index contributed by atoms with van der Waals surface area (Å²) in [6.45, 7) is 5.73. The number of ether oxygens (including phenoxy) is 1. The van der Waals surface area contributed by atoms with Crippen molar-refractivity contribution in [3.63, 3.8) is 0 Å². The molecule has 5 heteroatoms. The van der Waals surface area contributed by atoms with Crippen molar-refractivity contribution in [2.24, 2.45) is 0 Å². The Hall–Kier alpha value is -2.11. The first kappa shape index (κ1) is 18.7. The van der Waals surface area contributed by atoms with Gasteiger partial charge in [-0.15, -0.1) is 23.1 Å². The van der Waals surface area contributed by atoms with E-state index in [2.05, 4.69) is 25.1 Å². The van der Waals surface area contributed by atoms with Gasteiger partial charge < -0.3 is 4.74 Å². The molecule has 134 valence electrons. The Labute approximate surface area is 162 Å². The minimum Gasteiger partial charge on any atom is -0.486 e. The third-order valence-corrected chi connectivity index (χ3v) is 6.27. The summed E-state index contributed by atoms with van der Waals surface area (Å²) in [5.74, 6) is 1.69. The van der Waals surface area contributed by atoms with Crippen LogP contribution in [0.4, 0.5) is 0 Å². The summed E-state index contributed by atoms with van der Waals surface area (Å²) >= 11 is 3.55. The smallest absolute Gasteiger partial charge is 0.167 e. The van der Waals surface area contributed by atoms with Crippen molar-refractivity contribution in [3.8, 4) is 16.3 Å². The molecule has 0 spiro atoms. The minimum absolute atomic E-state index is 0.0257. The summed E-state index contributed by atoms with van der Waals surface area (Å²) in [4.78, 5) is 18.3. The van der Waals surface area contributed by atoms with Crippen LogP contribution in [-0.4, -0.2) is 17.4 Å². The summed E-state index contributed by atoms with van der Waals surface area (Å²) in [5.41, 5.74) is 3.31. The lowest BCUT2D eigenvalue weighted by atomic mass is 10.2. The molecule has 0 bridgehead atoms. The van der Waals surface area contributed by atoms with Crippen LogP contribution < -0.4 is 4.74 Å². The van der Waals surface area contributed by atoms with Crippen LogP contribution in [-0.2, 0) is 10.5 Å². The van der Waals surface area contributed by atoms with Gasteiger partial charge in [-0.05, 0) is 44.5 Å². The molecule has 0 aliphatic rings. The van der Waals surface area contributed by atoms with Crippen LogP contribution in [0.15, 0.2) is 53.4 Å². The maximum atomic E-state index is 11.1. The Morgan fingerprint density at radius 3 is 2.62 bits per heavy atom. The summed E-state index contributed by atoms with van der Waals surface area (Å²) in [7, 11) is 0. The Morgan fingerprint density at radius 1 is 1.15 bits per heavy atom. The summed E-state index contributed by atoms with van der Waals surface area (Å²) in [6.07, 6.45) is 0. The van der Waals surface area contributed by atoms with Gasteiger partial charge in [0, 0.05) is 21.1 Å². The Morgan fingerprint density at radius 2 is 1.92 bits per heavy atom. The number of ketones is 1. The van der Waals surface area contributed by atoms with Gasteiger partial charge in [0.25, 0.3) is 0 Å². The zero-order valence-electron chi connectivity index (χ0n) is 15.1. The van der Waals surface area contributed by atoms with Gasteiger partial charge in [-0.3, -0.25) is 4.79 Å². The lowest BCUT2D eigenvalue weighted by Gasteiger charge is -2.09. The van der Waals surface area contributed by atoms with Crippen molar-refractivity contribution in [2.75, 3.05) is 6.61 Å². The molecule has 0 aliphatic carbocycles. The van der Waals surface area contributed by atoms with Crippen molar-refractivity contribution in [1.29, 1.82) is 0 Å². The molecule has 0 saturated carbocycles. The largest absolute Gasteiger partial charge is 0.486 e. The predicted octanol–water partition coefficient (Wildman–Crippen LogP) is 5.69. The van der Waals surface area contributed by atoms with Gasteiger partial charge in [0.05, 0.1) is 5.69 Å². The van der Waals surface area contributed by atoms with Crippen LogP contribution >= 0.6 is 23.1 Å². The fourth-order valence-electron chi connectivity index (χ4n) is 2.47. The SMILES string of the molecule is CC(=O)COc1ccc(SCc2sc(-c3ccccc3)nc2C)cc1C. The third kappa shape index (κ3) is 4.74. The van der Waals surface area contributed by atoms with E-state index in [1.807, 2.05) is 37.3 Å². The molecule has 3 aromatic rings. The van der Waals surface area contributed by atoms with E-state index < -0.39 is 0 Å². The molecule has 0 atom stereocenters. The van der Waals surface area contributed by atoms with Crippen LogP contribution in [0.5, 0.6) is 5.75 Å². The highest BCUT2D eigenvalue weighted by atomic mass is 32.2. The van der Waals surface area contributed by atoms with Gasteiger partial charge in [0.1, 0.15) is 17.4 Å². The van der Waals surface area contributed by atoms with E-state index in [1.54, 1.807) is 23.1 Å². The number of rotatable bonds is 7. The quantitative estimate of drug-likeness (QED) is 0.492. The van der Waals surface area contributed by atoms with E-state index in [4.69, 9.17) is 9.72 Å². The molecule has 1 aromatic heterocycles. The maximum absolute atomic E-state index is 11.1. The van der Waals surface area contributed by atoms with Crippen molar-refractivity contribution >= 4 is 28.9 Å². The first-order chi connectivity index (χ1) is 12.5. The highest BCUT2D eigenvalue weighted by Crippen LogP contribution is 2.33. The van der Waals surface area contributed by atoms with Gasteiger partial charge >= 0.3 is 0 Å². The number of aromatic nitrogens is 1. The van der Waals surface area contributed by atoms with Crippen molar-refractivity contribution < 1.29 is 9.53 Å². The first-order valence-corrected chi connectivity index (χ1v) is 10.2. The number of carbonyl (C=O) groups is 1. The Kier molecular flexibility index (Phi) is 6.12. The molecule has 0 fully saturated rings. The number of thioether (sulfide) groups is 1. The van der Waals surface area contributed by atoms with Crippen molar-refractivity contribution in [2.45, 2.75) is 31.4 Å². The predicted molar refractivity (Wildman–Crippen MR) is 109 cm³/mol. The second kappa shape index (κ2) is 8.52. The van der Waals surface area contributed by atoms with E-state index in [1.165, 1.54) is 22.3 Å². The average Bonchev–Trinajstić information content (AvgIpc) is 3.00. The molecular weight excluding hydrogens is 362 g/mol. The number of hydrogen-bond acceptors (Lipinski definition) is 5. The molecule has 0 N–H and O–H groups in total. The lowest BCUT2D eigenvalue weighted by molar-refractivity contribution is -0.118. The number of nitrogens with zero attached hydrogens (tertiary/aromatic N) is 1. The Bertz CT molecular complexity index is 904. The van der Waals surface area contributed by atoms with Crippen LogP contribution in [0.3, 0.4) is 0 Å². The fourth-order valence-corrected chi connectivity index (χ4v) is 4.67. The molecule has 0 saturated heterocycles. The van der Waals surface area contributed by atoms with Crippen LogP contribution in [0.1, 0.15) is 23.1 Å². The highest BCUT2D eigenvalue weighted by Gasteiger charge is 2.10. The first-order valence-electron chi connectivity index (χ1n) is 8.40. The van der Waals surface area contributed by atoms with Gasteiger partial charge in [0.15, 0.2) is 5.78 Å². The number of benzene rings is 2. The number of carbonyl (C=O) groups excluding carboxylic acids is 1. The lowest BCUT2D eigenvalue weighted by Crippen LogP contribution is -2.07. The molecule has 0 radical (unpaired) electrons. The highest BCUT2D eigenvalue weighted by molar-refractivity contribution is 7.98. The van der Waals surface area contributed by atoms with Gasteiger partial charge in [-0.25, -0.2) is 4.98 Å². The van der Waals surface area contributed by atoms with E-state index in [-0.39, 0.29) is 12.4 Å². The van der Waals surface area contributed by atoms with Crippen LogP contribution in [0, 0.1) is 13.8 Å². The van der Waals surface area contributed by atoms with Gasteiger partial charge in [-0.1, -0.05) is 30.3 Å². The number of hydrogen-bond donors (Lipinski definition) is 0. The summed E-state index contributed by atoms with van der Waals surface area (Å²) in [6, 6.07) is 16.4. The molecule has 1 heterocycles. The van der Waals surface area contributed by atoms with Gasteiger partial charge in [-0.2, -0.15) is 0 Å². The Balaban J connectivity index is 1.67. The molecular formula is C21H21NO2S2. The average molecular weight is 384 g/mol. The number of Topliss-reactive ketones (excluding diaryl/α,β-unsaturated/α-hetero) is 1. The zero-order valence-corrected chi connectivity index (χ0v) is 16.7. The monoisotopic (exact) mass is 383 g/mol. The van der Waals surface area contributed by atoms with E-state index in [9.17, 15) is 4.79 Å². The molecule has 2 aromatic carbocycles. The van der Waals surface area contributed by atoms with E-state index in [0.29, 0.717) is 0 Å². The van der Waals surface area contributed by atoms with E-state index in [0.717, 1.165) is 27.8 Å². The second-order valence-corrected chi connectivity index (χ2v) is 8.23. The minimum atomic E-state index is 0.0257. The summed E-state index contributed by atoms with van der Waals surface area (Å²) in [5, 5.41) is 1.07. The van der Waals surface area contributed by atoms with Crippen LogP contribution in [0.25, 0.3) is 10.6 Å². The zero-order chi connectivity index (χ0) is 18.5. The summed E-state index contributed by atoms with van der Waals surface area (Å²) < 4.78 is 5.52. The number of aryl methyl sites for hydroxylation is 2.